The van der Waals surface area contributed by atoms with E-state index in [1.165, 1.54) is 4.90 Å². The van der Waals surface area contributed by atoms with Gasteiger partial charge in [0.1, 0.15) is 18.1 Å². The minimum absolute atomic E-state index is 0.0192. The Morgan fingerprint density at radius 1 is 0.745 bits per heavy atom. The molecule has 1 aromatic rings. The van der Waals surface area contributed by atoms with E-state index < -0.39 is 30.1 Å². The largest absolute Gasteiger partial charge is 0.368 e. The van der Waals surface area contributed by atoms with Crippen LogP contribution < -0.4 is 37.6 Å². The summed E-state index contributed by atoms with van der Waals surface area (Å²) in [5.74, 6) is -1.31. The fraction of sp³-hybridized carbons (Fsp3) is 0.667. The molecule has 8 N–H and O–H groups in total. The number of hydrogen-bond donors (Lipinski definition) is 7. The molecular formula is C33H55N9O5. The first-order valence-corrected chi connectivity index (χ1v) is 16.9. The van der Waals surface area contributed by atoms with Crippen LogP contribution in [0.5, 0.6) is 0 Å². The van der Waals surface area contributed by atoms with Gasteiger partial charge >= 0.3 is 0 Å². The minimum atomic E-state index is -0.774. The van der Waals surface area contributed by atoms with Gasteiger partial charge in [0.15, 0.2) is 0 Å². The van der Waals surface area contributed by atoms with Crippen molar-refractivity contribution in [3.63, 3.8) is 0 Å². The van der Waals surface area contributed by atoms with Crippen molar-refractivity contribution >= 4 is 29.5 Å². The van der Waals surface area contributed by atoms with E-state index in [1.54, 1.807) is 27.9 Å². The lowest BCUT2D eigenvalue weighted by molar-refractivity contribution is -0.140. The maximum Gasteiger partial charge on any atom is 0.245 e. The van der Waals surface area contributed by atoms with Crippen LogP contribution in [0.25, 0.3) is 0 Å². The lowest BCUT2D eigenvalue weighted by atomic mass is 10.1. The molecule has 0 radical (unpaired) electrons. The zero-order valence-corrected chi connectivity index (χ0v) is 28.4. The van der Waals surface area contributed by atoms with Gasteiger partial charge in [-0.3, -0.25) is 24.0 Å². The topological polar surface area (TPSA) is 190 Å². The van der Waals surface area contributed by atoms with E-state index in [9.17, 15) is 24.0 Å². The molecule has 2 heterocycles. The van der Waals surface area contributed by atoms with E-state index in [1.807, 2.05) is 29.2 Å². The highest BCUT2D eigenvalue weighted by atomic mass is 16.2. The first-order chi connectivity index (χ1) is 22.5. The standard InChI is InChI=1S/C33H55N9O5/c1-22(35-3)30(44)39-26(32(46)41-17-5-6-18-41)13-15-37-20-24-9-11-25(12-10-24)21-38-16-14-27(40-31(45)23(2)36-4)33(47)42-19-7-8-28(42)29(34)43/h9-12,22-23,26-28,35-38H,5-8,13-21H2,1-4H3,(H2,34,43)(H,39,44)(H,40,45)/t22-,23?,26?,27-,28?/m0/s1. The number of carbonyl (C=O) groups is 5. The van der Waals surface area contributed by atoms with Crippen LogP contribution in [0.1, 0.15) is 63.5 Å². The summed E-state index contributed by atoms with van der Waals surface area (Å²) in [6, 6.07) is 5.31. The van der Waals surface area contributed by atoms with Crippen LogP contribution >= 0.6 is 0 Å². The average Bonchev–Trinajstić information content (AvgIpc) is 3.80. The maximum absolute atomic E-state index is 13.3. The van der Waals surface area contributed by atoms with Crippen molar-refractivity contribution in [3.8, 4) is 0 Å². The van der Waals surface area contributed by atoms with Gasteiger partial charge in [0.05, 0.1) is 12.1 Å². The molecule has 5 atom stereocenters. The molecular weight excluding hydrogens is 602 g/mol. The molecule has 262 valence electrons. The summed E-state index contributed by atoms with van der Waals surface area (Å²) in [5.41, 5.74) is 7.68. The summed E-state index contributed by atoms with van der Waals surface area (Å²) in [4.78, 5) is 66.7. The molecule has 2 fully saturated rings. The summed E-state index contributed by atoms with van der Waals surface area (Å²) in [5, 5.41) is 18.3. The lowest BCUT2D eigenvalue weighted by Crippen LogP contribution is -2.55. The molecule has 0 aromatic heterocycles. The highest BCUT2D eigenvalue weighted by Gasteiger charge is 2.37. The third-order valence-corrected chi connectivity index (χ3v) is 9.06. The molecule has 47 heavy (non-hydrogen) atoms. The number of primary amides is 1. The Labute approximate surface area is 278 Å². The normalized spacial score (nSPS) is 18.8. The van der Waals surface area contributed by atoms with Crippen LogP contribution in [0.4, 0.5) is 0 Å². The van der Waals surface area contributed by atoms with Crippen molar-refractivity contribution in [3.05, 3.63) is 35.4 Å². The average molecular weight is 658 g/mol. The van der Waals surface area contributed by atoms with E-state index >= 15 is 0 Å². The number of likely N-dealkylation sites (N-methyl/N-ethyl adjacent to an activating group) is 2. The van der Waals surface area contributed by atoms with Crippen molar-refractivity contribution in [2.45, 2.75) is 95.7 Å². The van der Waals surface area contributed by atoms with Crippen molar-refractivity contribution < 1.29 is 24.0 Å². The molecule has 3 unspecified atom stereocenters. The molecule has 0 bridgehead atoms. The molecule has 2 aliphatic rings. The first-order valence-electron chi connectivity index (χ1n) is 16.9. The molecule has 14 heteroatoms. The zero-order valence-electron chi connectivity index (χ0n) is 28.4. The fourth-order valence-electron chi connectivity index (χ4n) is 5.79. The third kappa shape index (κ3) is 11.6. The van der Waals surface area contributed by atoms with Crippen LogP contribution in [-0.2, 0) is 37.1 Å². The van der Waals surface area contributed by atoms with Gasteiger partial charge in [-0.15, -0.1) is 0 Å². The van der Waals surface area contributed by atoms with E-state index in [4.69, 9.17) is 5.73 Å². The first kappa shape index (κ1) is 37.9. The molecule has 1 aromatic carbocycles. The summed E-state index contributed by atoms with van der Waals surface area (Å²) >= 11 is 0. The van der Waals surface area contributed by atoms with Gasteiger partial charge in [0.2, 0.25) is 29.5 Å². The summed E-state index contributed by atoms with van der Waals surface area (Å²) in [6.45, 7) is 7.66. The number of amides is 5. The Kier molecular flexibility index (Phi) is 15.5. The second kappa shape index (κ2) is 19.3. The number of carbonyl (C=O) groups excluding carboxylic acids is 5. The molecule has 0 saturated carbocycles. The number of rotatable bonds is 19. The maximum atomic E-state index is 13.3. The molecule has 0 aliphatic carbocycles. The summed E-state index contributed by atoms with van der Waals surface area (Å²) in [7, 11) is 3.39. The predicted octanol–water partition coefficient (Wildman–Crippen LogP) is -1.07. The molecule has 0 spiro atoms. The van der Waals surface area contributed by atoms with Crippen LogP contribution in [0, 0.1) is 0 Å². The number of nitrogens with two attached hydrogens (primary N) is 1. The van der Waals surface area contributed by atoms with Gasteiger partial charge in [0.25, 0.3) is 0 Å². The third-order valence-electron chi connectivity index (χ3n) is 9.06. The Morgan fingerprint density at radius 2 is 1.21 bits per heavy atom. The fourth-order valence-corrected chi connectivity index (χ4v) is 5.79. The zero-order chi connectivity index (χ0) is 34.3. The number of nitrogens with one attached hydrogen (secondary N) is 6. The highest BCUT2D eigenvalue weighted by Crippen LogP contribution is 2.19. The van der Waals surface area contributed by atoms with Crippen LogP contribution in [0.15, 0.2) is 24.3 Å². The molecule has 2 aliphatic heterocycles. The van der Waals surface area contributed by atoms with Gasteiger partial charge in [0, 0.05) is 32.7 Å². The van der Waals surface area contributed by atoms with Gasteiger partial charge < -0.3 is 47.4 Å². The van der Waals surface area contributed by atoms with Crippen LogP contribution in [0.2, 0.25) is 0 Å². The lowest BCUT2D eigenvalue weighted by Gasteiger charge is -2.28. The Morgan fingerprint density at radius 3 is 1.66 bits per heavy atom. The number of nitrogens with zero attached hydrogens (tertiary/aromatic N) is 2. The second-order valence-electron chi connectivity index (χ2n) is 12.5. The highest BCUT2D eigenvalue weighted by molar-refractivity contribution is 5.93. The van der Waals surface area contributed by atoms with Gasteiger partial charge in [-0.1, -0.05) is 24.3 Å². The smallest absolute Gasteiger partial charge is 0.245 e. The molecule has 2 saturated heterocycles. The molecule has 5 amide bonds. The van der Waals surface area contributed by atoms with E-state index in [0.717, 1.165) is 37.1 Å². The quantitative estimate of drug-likeness (QED) is 0.0909. The van der Waals surface area contributed by atoms with Crippen LogP contribution in [-0.4, -0.2) is 116 Å². The molecule has 14 nitrogen and oxygen atoms in total. The Balaban J connectivity index is 1.46. The predicted molar refractivity (Wildman–Crippen MR) is 180 cm³/mol. The van der Waals surface area contributed by atoms with Gasteiger partial charge in [-0.05, 0) is 90.7 Å². The molecule has 3 rings (SSSR count). The number of hydrogen-bond acceptors (Lipinski definition) is 9. The number of likely N-dealkylation sites (tertiary alicyclic amines) is 2. The monoisotopic (exact) mass is 657 g/mol. The van der Waals surface area contributed by atoms with Crippen molar-refractivity contribution in [1.82, 2.24) is 41.7 Å². The van der Waals surface area contributed by atoms with Gasteiger partial charge in [-0.2, -0.15) is 0 Å². The Bertz CT molecular complexity index is 1190. The van der Waals surface area contributed by atoms with Crippen molar-refractivity contribution in [1.29, 1.82) is 0 Å². The minimum Gasteiger partial charge on any atom is -0.368 e. The summed E-state index contributed by atoms with van der Waals surface area (Å²) in [6.07, 6.45) is 4.08. The Hall–Kier alpha value is -3.59. The SMILES string of the molecule is CNC(C)C(=O)N[C@@H](CCNCc1ccc(CNCCC(NC(=O)[C@H](C)NC)C(=O)N2CCCC2)cc1)C(=O)N1CCCC1C(N)=O. The van der Waals surface area contributed by atoms with Gasteiger partial charge in [-0.25, -0.2) is 0 Å². The summed E-state index contributed by atoms with van der Waals surface area (Å²) < 4.78 is 0. The van der Waals surface area contributed by atoms with E-state index in [-0.39, 0.29) is 29.7 Å². The van der Waals surface area contributed by atoms with Crippen LogP contribution in [0.3, 0.4) is 0 Å². The van der Waals surface area contributed by atoms with E-state index in [0.29, 0.717) is 58.4 Å². The van der Waals surface area contributed by atoms with E-state index in [2.05, 4.69) is 31.9 Å². The second-order valence-corrected chi connectivity index (χ2v) is 12.5. The van der Waals surface area contributed by atoms with Crippen molar-refractivity contribution in [2.75, 3.05) is 46.8 Å². The van der Waals surface area contributed by atoms with Crippen molar-refractivity contribution in [2.24, 2.45) is 5.73 Å². The number of benzene rings is 1.